The lowest BCUT2D eigenvalue weighted by Gasteiger charge is -2.46. The summed E-state index contributed by atoms with van der Waals surface area (Å²) in [6, 6.07) is 25.0. The number of imide groups is 1. The minimum Gasteiger partial charge on any atom is -0.491 e. The summed E-state index contributed by atoms with van der Waals surface area (Å²) < 4.78 is 17.4. The molecule has 13 nitrogen and oxygen atoms in total. The normalized spacial score (nSPS) is 24.4. The second-order valence-corrected chi connectivity index (χ2v) is 16.6. The second kappa shape index (κ2) is 17.9. The molecule has 63 heavy (non-hydrogen) atoms. The number of carbonyl (C=O) groups is 5. The number of morpholine rings is 1. The Labute approximate surface area is 366 Å². The van der Waals surface area contributed by atoms with E-state index >= 15 is 4.79 Å². The number of cyclic esters (lactones) is 1. The number of rotatable bonds is 10. The molecule has 3 heterocycles. The lowest BCUT2D eigenvalue weighted by Crippen LogP contribution is -2.57. The van der Waals surface area contributed by atoms with E-state index in [4.69, 9.17) is 19.9 Å². The number of fused-ring (bicyclic) bond motifs is 3. The van der Waals surface area contributed by atoms with E-state index in [0.29, 0.717) is 22.4 Å². The van der Waals surface area contributed by atoms with Gasteiger partial charge in [0.25, 0.3) is 0 Å². The van der Waals surface area contributed by atoms with Crippen LogP contribution in [0.3, 0.4) is 0 Å². The summed E-state index contributed by atoms with van der Waals surface area (Å²) >= 11 is 0. The molecular formula is C50H50N4O9. The van der Waals surface area contributed by atoms with Gasteiger partial charge in [0.1, 0.15) is 36.0 Å². The summed E-state index contributed by atoms with van der Waals surface area (Å²) in [5, 5.41) is 12.4. The van der Waals surface area contributed by atoms with Gasteiger partial charge in [0.2, 0.25) is 11.8 Å². The average Bonchev–Trinajstić information content (AvgIpc) is 3.76. The van der Waals surface area contributed by atoms with Gasteiger partial charge >= 0.3 is 18.0 Å². The molecular weight excluding hydrogens is 801 g/mol. The first kappa shape index (κ1) is 42.9. The van der Waals surface area contributed by atoms with Crippen LogP contribution in [0.15, 0.2) is 115 Å². The van der Waals surface area contributed by atoms with E-state index in [0.717, 1.165) is 41.7 Å². The number of methoxy groups -OCH3 is 1. The molecule has 0 aromatic heterocycles. The Balaban J connectivity index is 1.43. The number of amides is 4. The number of aliphatic hydroxyl groups is 1. The molecule has 4 aromatic rings. The van der Waals surface area contributed by atoms with Gasteiger partial charge in [-0.25, -0.2) is 14.5 Å². The molecule has 0 radical (unpaired) electrons. The van der Waals surface area contributed by atoms with Crippen LogP contribution in [0, 0.1) is 23.7 Å². The number of hydrogen-bond acceptors (Lipinski definition) is 10. The van der Waals surface area contributed by atoms with E-state index in [2.05, 4.69) is 23.2 Å². The topological polar surface area (TPSA) is 178 Å². The fourth-order valence-corrected chi connectivity index (χ4v) is 9.88. The van der Waals surface area contributed by atoms with Crippen LogP contribution in [0.4, 0.5) is 10.5 Å². The standard InChI is InChI=1S/C50H50N4O9/c1-30(2)40(46(57)61-3)52-49(60)53-38-25-24-32(23-22-31-14-7-4-8-15-31)28-37(38)50(48(53)59)39(45(51)56)42-47(58)63-43(34-18-11-6-12-19-34)41(33-16-9-5-10-17-33)54(42)44(50)35-20-13-21-36(29-35)62-27-26-55/h5-6,9-14,16-21,24-25,28-30,39-44,55H,4,7-8,15,26-27H2,1-3H3,(H2,51,56)(H,52,60). The molecule has 2 saturated heterocycles. The quantitative estimate of drug-likeness (QED) is 0.127. The van der Waals surface area contributed by atoms with Gasteiger partial charge in [0.05, 0.1) is 37.4 Å². The lowest BCUT2D eigenvalue weighted by molar-refractivity contribution is -0.178. The van der Waals surface area contributed by atoms with Gasteiger partial charge in [-0.05, 0) is 89.8 Å². The summed E-state index contributed by atoms with van der Waals surface area (Å²) in [5.74, 6) is 1.55. The Hall–Kier alpha value is -6.75. The monoisotopic (exact) mass is 850 g/mol. The number of anilines is 1. The summed E-state index contributed by atoms with van der Waals surface area (Å²) in [6.45, 7) is 3.16. The molecule has 324 valence electrons. The van der Waals surface area contributed by atoms with Crippen molar-refractivity contribution in [3.8, 4) is 17.6 Å². The van der Waals surface area contributed by atoms with Crippen LogP contribution in [0.2, 0.25) is 0 Å². The minimum absolute atomic E-state index is 0.0318. The van der Waals surface area contributed by atoms with Gasteiger partial charge in [-0.1, -0.05) is 105 Å². The molecule has 1 aliphatic carbocycles. The number of ether oxygens (including phenoxy) is 3. The van der Waals surface area contributed by atoms with E-state index < -0.39 is 77.3 Å². The summed E-state index contributed by atoms with van der Waals surface area (Å²) in [6.07, 6.45) is 5.03. The molecule has 0 saturated carbocycles. The van der Waals surface area contributed by atoms with Crippen LogP contribution in [0.5, 0.6) is 5.75 Å². The Morgan fingerprint density at radius 2 is 1.62 bits per heavy atom. The molecule has 8 rings (SSSR count). The largest absolute Gasteiger partial charge is 0.491 e. The van der Waals surface area contributed by atoms with Crippen molar-refractivity contribution in [3.63, 3.8) is 0 Å². The zero-order valence-corrected chi connectivity index (χ0v) is 35.4. The highest BCUT2D eigenvalue weighted by atomic mass is 16.6. The Morgan fingerprint density at radius 1 is 0.905 bits per heavy atom. The summed E-state index contributed by atoms with van der Waals surface area (Å²) in [7, 11) is 1.21. The molecule has 4 N–H and O–H groups in total. The van der Waals surface area contributed by atoms with Crippen molar-refractivity contribution in [1.29, 1.82) is 0 Å². The van der Waals surface area contributed by atoms with Crippen LogP contribution < -0.4 is 20.7 Å². The molecule has 13 heteroatoms. The van der Waals surface area contributed by atoms with Gasteiger partial charge in [-0.15, -0.1) is 0 Å². The van der Waals surface area contributed by atoms with E-state index in [-0.39, 0.29) is 24.5 Å². The van der Waals surface area contributed by atoms with Crippen LogP contribution in [-0.4, -0.2) is 72.2 Å². The van der Waals surface area contributed by atoms with Crippen LogP contribution in [-0.2, 0) is 34.1 Å². The van der Waals surface area contributed by atoms with Crippen molar-refractivity contribution in [1.82, 2.24) is 10.2 Å². The molecule has 1 spiro atoms. The zero-order valence-electron chi connectivity index (χ0n) is 35.4. The highest BCUT2D eigenvalue weighted by Crippen LogP contribution is 2.66. The second-order valence-electron chi connectivity index (χ2n) is 16.6. The molecule has 0 bridgehead atoms. The third kappa shape index (κ3) is 7.63. The van der Waals surface area contributed by atoms with Crippen molar-refractivity contribution in [3.05, 3.63) is 143 Å². The van der Waals surface area contributed by atoms with Crippen molar-refractivity contribution >= 4 is 35.5 Å². The van der Waals surface area contributed by atoms with E-state index in [9.17, 15) is 24.3 Å². The van der Waals surface area contributed by atoms with Gasteiger partial charge in [-0.2, -0.15) is 0 Å². The van der Waals surface area contributed by atoms with Crippen LogP contribution in [0.1, 0.15) is 85.5 Å². The van der Waals surface area contributed by atoms with Gasteiger partial charge in [-0.3, -0.25) is 19.3 Å². The number of nitrogens with two attached hydrogens (primary N) is 1. The van der Waals surface area contributed by atoms with E-state index in [1.54, 1.807) is 56.3 Å². The first-order valence-corrected chi connectivity index (χ1v) is 21.3. The van der Waals surface area contributed by atoms with Gasteiger partial charge in [0.15, 0.2) is 0 Å². The van der Waals surface area contributed by atoms with E-state index in [1.807, 2.05) is 65.6 Å². The van der Waals surface area contributed by atoms with Crippen molar-refractivity contribution < 1.29 is 43.3 Å². The van der Waals surface area contributed by atoms with Crippen LogP contribution in [0.25, 0.3) is 0 Å². The number of hydrogen-bond donors (Lipinski definition) is 3. The van der Waals surface area contributed by atoms with E-state index in [1.165, 1.54) is 7.11 Å². The molecule has 4 aromatic carbocycles. The number of primary amides is 1. The highest BCUT2D eigenvalue weighted by Gasteiger charge is 2.75. The number of nitrogens with one attached hydrogen (secondary N) is 1. The number of urea groups is 1. The molecule has 4 amide bonds. The first-order chi connectivity index (χ1) is 30.5. The fraction of sp³-hybridized carbons (Fsp3) is 0.340. The molecule has 2 fully saturated rings. The lowest BCUT2D eigenvalue weighted by atomic mass is 9.65. The number of carbonyl (C=O) groups excluding carboxylic acids is 5. The number of nitrogens with zero attached hydrogens (tertiary/aromatic N) is 2. The predicted octanol–water partition coefficient (Wildman–Crippen LogP) is 5.97. The highest BCUT2D eigenvalue weighted by molar-refractivity contribution is 6.25. The number of esters is 2. The molecule has 3 aliphatic heterocycles. The van der Waals surface area contributed by atoms with Crippen molar-refractivity contribution in [2.24, 2.45) is 17.6 Å². The predicted molar refractivity (Wildman–Crippen MR) is 233 cm³/mol. The Bertz CT molecular complexity index is 2510. The maximum absolute atomic E-state index is 16.2. The number of benzene rings is 4. The maximum Gasteiger partial charge on any atom is 0.329 e. The van der Waals surface area contributed by atoms with Crippen molar-refractivity contribution in [2.45, 2.75) is 75.2 Å². The SMILES string of the molecule is COC(=O)C(NC(=O)N1C(=O)C2(c3cc(C#CC4=CCCCC4)ccc31)C(C(N)=O)C1C(=O)OC(c3ccccc3)C(c3ccccc3)N1C2c1cccc(OCCO)c1)C(C)C. The Morgan fingerprint density at radius 3 is 2.27 bits per heavy atom. The average molecular weight is 851 g/mol. The van der Waals surface area contributed by atoms with Crippen molar-refractivity contribution in [2.75, 3.05) is 25.2 Å². The van der Waals surface area contributed by atoms with Gasteiger partial charge < -0.3 is 30.4 Å². The maximum atomic E-state index is 16.2. The smallest absolute Gasteiger partial charge is 0.329 e. The molecule has 4 aliphatic rings. The summed E-state index contributed by atoms with van der Waals surface area (Å²) in [4.78, 5) is 76.3. The van der Waals surface area contributed by atoms with Gasteiger partial charge in [0, 0.05) is 5.56 Å². The third-order valence-corrected chi connectivity index (χ3v) is 12.6. The number of allylic oxidation sites excluding steroid dienone is 2. The Kier molecular flexibility index (Phi) is 12.2. The third-order valence-electron chi connectivity index (χ3n) is 12.6. The first-order valence-electron chi connectivity index (χ1n) is 21.3. The number of aliphatic hydroxyl groups excluding tert-OH is 1. The molecule has 7 atom stereocenters. The minimum atomic E-state index is -2.09. The molecule has 7 unspecified atom stereocenters. The fourth-order valence-electron chi connectivity index (χ4n) is 9.88. The van der Waals surface area contributed by atoms with Crippen LogP contribution >= 0.6 is 0 Å². The summed E-state index contributed by atoms with van der Waals surface area (Å²) in [5.41, 5.74) is 8.13. The zero-order chi connectivity index (χ0) is 44.4.